The molecule has 1 aromatic heterocycles. The van der Waals surface area contributed by atoms with Gasteiger partial charge in [-0.2, -0.15) is 13.2 Å². The Bertz CT molecular complexity index is 996. The van der Waals surface area contributed by atoms with Gasteiger partial charge in [0, 0.05) is 17.2 Å². The summed E-state index contributed by atoms with van der Waals surface area (Å²) in [6, 6.07) is 14.3. The van der Waals surface area contributed by atoms with Gasteiger partial charge in [-0.3, -0.25) is 4.79 Å². The summed E-state index contributed by atoms with van der Waals surface area (Å²) in [5, 5.41) is 8.88. The number of hydrogen-bond acceptors (Lipinski definition) is 5. The van der Waals surface area contributed by atoms with Crippen LogP contribution in [-0.4, -0.2) is 33.3 Å². The van der Waals surface area contributed by atoms with E-state index in [0.29, 0.717) is 16.8 Å². The van der Waals surface area contributed by atoms with E-state index in [4.69, 9.17) is 15.6 Å². The molecule has 0 radical (unpaired) electrons. The lowest BCUT2D eigenvalue weighted by atomic mass is 10.0. The number of carboxylic acids is 1. The van der Waals surface area contributed by atoms with Gasteiger partial charge >= 0.3 is 12.1 Å². The van der Waals surface area contributed by atoms with E-state index < -0.39 is 24.3 Å². The van der Waals surface area contributed by atoms with Crippen LogP contribution in [0, 0.1) is 0 Å². The molecule has 6 nitrogen and oxygen atoms in total. The van der Waals surface area contributed by atoms with Crippen molar-refractivity contribution in [1.29, 1.82) is 0 Å². The van der Waals surface area contributed by atoms with Crippen LogP contribution in [-0.2, 0) is 11.2 Å². The molecule has 0 saturated carbocycles. The summed E-state index contributed by atoms with van der Waals surface area (Å²) in [6.07, 6.45) is -5.52. The van der Waals surface area contributed by atoms with E-state index in [2.05, 4.69) is 9.97 Å². The summed E-state index contributed by atoms with van der Waals surface area (Å²) in [5.74, 6) is -1.32. The van der Waals surface area contributed by atoms with E-state index in [9.17, 15) is 18.0 Å². The number of hydrogen-bond donors (Lipinski definition) is 2. The van der Waals surface area contributed by atoms with Crippen LogP contribution in [0.15, 0.2) is 67.0 Å². The van der Waals surface area contributed by atoms with E-state index >= 15 is 0 Å². The zero-order chi connectivity index (χ0) is 21.7. The second kappa shape index (κ2) is 8.91. The number of rotatable bonds is 7. The van der Waals surface area contributed by atoms with Crippen molar-refractivity contribution in [1.82, 2.24) is 9.97 Å². The quantitative estimate of drug-likeness (QED) is 0.607. The Hall–Kier alpha value is -3.46. The van der Waals surface area contributed by atoms with Gasteiger partial charge in [0.15, 0.2) is 0 Å². The number of carboxylic acid groups (broad SMARTS) is 1. The molecular weight excluding hydrogens is 399 g/mol. The third kappa shape index (κ3) is 5.32. The highest BCUT2D eigenvalue weighted by Gasteiger charge is 2.43. The number of nitrogens with two attached hydrogens (primary N) is 1. The van der Waals surface area contributed by atoms with Crippen LogP contribution < -0.4 is 10.5 Å². The predicted molar refractivity (Wildman–Crippen MR) is 103 cm³/mol. The minimum atomic E-state index is -4.63. The minimum absolute atomic E-state index is 0.0377. The van der Waals surface area contributed by atoms with Crippen molar-refractivity contribution in [3.8, 4) is 17.1 Å². The zero-order valence-corrected chi connectivity index (χ0v) is 15.6. The van der Waals surface area contributed by atoms with Gasteiger partial charge < -0.3 is 15.6 Å². The van der Waals surface area contributed by atoms with Gasteiger partial charge in [-0.25, -0.2) is 9.97 Å². The summed E-state index contributed by atoms with van der Waals surface area (Å²) in [6.45, 7) is 0. The van der Waals surface area contributed by atoms with Gasteiger partial charge in [0.2, 0.25) is 12.0 Å². The minimum Gasteiger partial charge on any atom is -0.480 e. The molecule has 0 fully saturated rings. The molecule has 0 aliphatic heterocycles. The Kier molecular flexibility index (Phi) is 6.31. The Balaban J connectivity index is 1.81. The number of benzene rings is 2. The molecule has 0 aliphatic rings. The van der Waals surface area contributed by atoms with Gasteiger partial charge in [-0.1, -0.05) is 54.6 Å². The number of alkyl halides is 3. The largest absolute Gasteiger partial charge is 0.480 e. The fourth-order valence-electron chi connectivity index (χ4n) is 2.79. The number of ether oxygens (including phenoxy) is 1. The van der Waals surface area contributed by atoms with Crippen molar-refractivity contribution >= 4 is 5.97 Å². The molecule has 156 valence electrons. The second-order valence-corrected chi connectivity index (χ2v) is 6.54. The molecule has 2 atom stereocenters. The van der Waals surface area contributed by atoms with Crippen LogP contribution in [0.5, 0.6) is 5.88 Å². The number of aromatic nitrogens is 2. The number of carbonyl (C=O) groups is 1. The molecule has 0 spiro atoms. The lowest BCUT2D eigenvalue weighted by molar-refractivity contribution is -0.198. The first-order valence-electron chi connectivity index (χ1n) is 8.92. The number of aliphatic carboxylic acids is 1. The summed E-state index contributed by atoms with van der Waals surface area (Å²) in [7, 11) is 0. The van der Waals surface area contributed by atoms with Crippen LogP contribution in [0.4, 0.5) is 13.2 Å². The molecule has 3 rings (SSSR count). The molecule has 0 amide bonds. The highest BCUT2D eigenvalue weighted by molar-refractivity contribution is 5.73. The van der Waals surface area contributed by atoms with Gasteiger partial charge in [0.25, 0.3) is 0 Å². The first-order valence-corrected chi connectivity index (χ1v) is 8.92. The van der Waals surface area contributed by atoms with Crippen molar-refractivity contribution in [2.45, 2.75) is 24.7 Å². The van der Waals surface area contributed by atoms with Gasteiger partial charge in [0.05, 0.1) is 5.69 Å². The predicted octanol–water partition coefficient (Wildman–Crippen LogP) is 3.78. The highest BCUT2D eigenvalue weighted by atomic mass is 19.4. The standard InChI is InChI=1S/C21H18F3N3O3/c22-21(23,24)19(15-4-2-1-3-5-15)30-18-11-17(26-12-27-18)14-8-6-13(7-9-14)10-16(25)20(28)29/h1-9,11-12,16,19H,10,25H2,(H,28,29)/t16-,19?/m0/s1. The fourth-order valence-corrected chi connectivity index (χ4v) is 2.79. The van der Waals surface area contributed by atoms with E-state index in [1.165, 1.54) is 30.3 Å². The molecule has 1 heterocycles. The average molecular weight is 417 g/mol. The van der Waals surface area contributed by atoms with Gasteiger partial charge in [-0.05, 0) is 12.0 Å². The van der Waals surface area contributed by atoms with Crippen LogP contribution in [0.3, 0.4) is 0 Å². The van der Waals surface area contributed by atoms with E-state index in [0.717, 1.165) is 6.33 Å². The van der Waals surface area contributed by atoms with E-state index in [1.807, 2.05) is 0 Å². The molecule has 2 aromatic carbocycles. The van der Waals surface area contributed by atoms with Crippen molar-refractivity contribution < 1.29 is 27.8 Å². The van der Waals surface area contributed by atoms with E-state index in [1.54, 1.807) is 30.3 Å². The van der Waals surface area contributed by atoms with Crippen LogP contribution in [0.1, 0.15) is 17.2 Å². The molecule has 0 aliphatic carbocycles. The third-order valence-corrected chi connectivity index (χ3v) is 4.30. The maximum Gasteiger partial charge on any atom is 0.429 e. The lowest BCUT2D eigenvalue weighted by Gasteiger charge is -2.21. The third-order valence-electron chi connectivity index (χ3n) is 4.30. The fraction of sp³-hybridized carbons (Fsp3) is 0.190. The lowest BCUT2D eigenvalue weighted by Crippen LogP contribution is -2.32. The molecule has 0 bridgehead atoms. The molecule has 9 heteroatoms. The molecule has 1 unspecified atom stereocenters. The maximum absolute atomic E-state index is 13.5. The first-order chi connectivity index (χ1) is 14.2. The SMILES string of the molecule is N[C@@H](Cc1ccc(-c2cc(OC(c3ccccc3)C(F)(F)F)ncn2)cc1)C(=O)O. The second-order valence-electron chi connectivity index (χ2n) is 6.54. The maximum atomic E-state index is 13.5. The smallest absolute Gasteiger partial charge is 0.429 e. The molecule has 3 aromatic rings. The van der Waals surface area contributed by atoms with Crippen molar-refractivity contribution in [3.05, 3.63) is 78.1 Å². The van der Waals surface area contributed by atoms with Gasteiger partial charge in [0.1, 0.15) is 12.4 Å². The topological polar surface area (TPSA) is 98.3 Å². The summed E-state index contributed by atoms with van der Waals surface area (Å²) < 4.78 is 45.7. The first kappa shape index (κ1) is 21.3. The Morgan fingerprint density at radius 1 is 1.07 bits per heavy atom. The summed E-state index contributed by atoms with van der Waals surface area (Å²) in [5.41, 5.74) is 7.16. The van der Waals surface area contributed by atoms with Crippen LogP contribution >= 0.6 is 0 Å². The van der Waals surface area contributed by atoms with Crippen molar-refractivity contribution in [3.63, 3.8) is 0 Å². The molecule has 3 N–H and O–H groups in total. The Labute approximate surface area is 170 Å². The number of halogens is 3. The average Bonchev–Trinajstić information content (AvgIpc) is 2.72. The van der Waals surface area contributed by atoms with Crippen LogP contribution in [0.25, 0.3) is 11.3 Å². The normalized spacial score (nSPS) is 13.5. The Morgan fingerprint density at radius 2 is 1.73 bits per heavy atom. The van der Waals surface area contributed by atoms with Crippen molar-refractivity contribution in [2.75, 3.05) is 0 Å². The van der Waals surface area contributed by atoms with E-state index in [-0.39, 0.29) is 17.9 Å². The highest BCUT2D eigenvalue weighted by Crippen LogP contribution is 2.36. The molecule has 30 heavy (non-hydrogen) atoms. The number of nitrogens with zero attached hydrogens (tertiary/aromatic N) is 2. The van der Waals surface area contributed by atoms with Crippen molar-refractivity contribution in [2.24, 2.45) is 5.73 Å². The monoisotopic (exact) mass is 417 g/mol. The van der Waals surface area contributed by atoms with Crippen LogP contribution in [0.2, 0.25) is 0 Å². The zero-order valence-electron chi connectivity index (χ0n) is 15.6. The molecule has 0 saturated heterocycles. The summed E-state index contributed by atoms with van der Waals surface area (Å²) in [4.78, 5) is 18.7. The molecular formula is C21H18F3N3O3. The van der Waals surface area contributed by atoms with Gasteiger partial charge in [-0.15, -0.1) is 0 Å². The summed E-state index contributed by atoms with van der Waals surface area (Å²) >= 11 is 0. The Morgan fingerprint density at radius 3 is 2.33 bits per heavy atom.